The van der Waals surface area contributed by atoms with E-state index in [0.717, 1.165) is 34.5 Å². The molecular formula is C13H18N2OS. The zero-order valence-electron chi connectivity index (χ0n) is 10.5. The van der Waals surface area contributed by atoms with Gasteiger partial charge in [-0.3, -0.25) is 4.99 Å². The fourth-order valence-corrected chi connectivity index (χ4v) is 2.62. The molecule has 1 N–H and O–H groups in total. The number of aryl methyl sites for hydroxylation is 1. The van der Waals surface area contributed by atoms with Crippen LogP contribution < -0.4 is 10.1 Å². The average Bonchev–Trinajstić information content (AvgIpc) is 2.32. The second-order valence-corrected chi connectivity index (χ2v) is 5.38. The predicted molar refractivity (Wildman–Crippen MR) is 75.3 cm³/mol. The van der Waals surface area contributed by atoms with Crippen molar-refractivity contribution in [3.05, 3.63) is 23.8 Å². The Morgan fingerprint density at radius 3 is 2.88 bits per heavy atom. The van der Waals surface area contributed by atoms with Crippen LogP contribution in [0.2, 0.25) is 0 Å². The third-order valence-electron chi connectivity index (χ3n) is 2.70. The molecule has 1 unspecified atom stereocenters. The highest BCUT2D eigenvalue weighted by Crippen LogP contribution is 2.24. The molecule has 0 fully saturated rings. The third kappa shape index (κ3) is 3.16. The molecule has 4 heteroatoms. The van der Waals surface area contributed by atoms with Gasteiger partial charge in [-0.1, -0.05) is 18.7 Å². The maximum Gasteiger partial charge on any atom is 0.161 e. The molecule has 2 rings (SSSR count). The molecule has 1 heterocycles. The van der Waals surface area contributed by atoms with Gasteiger partial charge in [0.15, 0.2) is 5.17 Å². The molecule has 1 atom stereocenters. The first-order chi connectivity index (χ1) is 8.19. The summed E-state index contributed by atoms with van der Waals surface area (Å²) in [4.78, 5) is 4.52. The van der Waals surface area contributed by atoms with E-state index in [1.54, 1.807) is 18.9 Å². The topological polar surface area (TPSA) is 33.6 Å². The van der Waals surface area contributed by atoms with Crippen molar-refractivity contribution in [2.45, 2.75) is 13.8 Å². The standard InChI is InChI=1S/C13H18N2OS/c1-9-7-14-13(17-8-9)15-11-4-5-12(16-3)10(2)6-11/h4-6,9H,7-8H2,1-3H3,(H,14,15). The lowest BCUT2D eigenvalue weighted by atomic mass is 10.2. The summed E-state index contributed by atoms with van der Waals surface area (Å²) in [5, 5.41) is 4.37. The normalized spacial score (nSPS) is 19.7. The van der Waals surface area contributed by atoms with Gasteiger partial charge in [-0.25, -0.2) is 0 Å². The molecule has 0 saturated carbocycles. The van der Waals surface area contributed by atoms with Crippen molar-refractivity contribution in [1.82, 2.24) is 0 Å². The lowest BCUT2D eigenvalue weighted by Gasteiger charge is -2.18. The van der Waals surface area contributed by atoms with Crippen molar-refractivity contribution < 1.29 is 4.74 Å². The fraction of sp³-hybridized carbons (Fsp3) is 0.462. The summed E-state index contributed by atoms with van der Waals surface area (Å²) >= 11 is 1.79. The number of nitrogens with zero attached hydrogens (tertiary/aromatic N) is 1. The van der Waals surface area contributed by atoms with Gasteiger partial charge >= 0.3 is 0 Å². The molecule has 0 aromatic heterocycles. The van der Waals surface area contributed by atoms with E-state index < -0.39 is 0 Å². The van der Waals surface area contributed by atoms with Gasteiger partial charge in [0.2, 0.25) is 0 Å². The molecule has 0 aliphatic carbocycles. The van der Waals surface area contributed by atoms with Crippen molar-refractivity contribution in [3.8, 4) is 5.75 Å². The average molecular weight is 250 g/mol. The van der Waals surface area contributed by atoms with Crippen molar-refractivity contribution >= 4 is 22.6 Å². The SMILES string of the molecule is COc1ccc(NC2=NCC(C)CS2)cc1C. The highest BCUT2D eigenvalue weighted by molar-refractivity contribution is 8.14. The van der Waals surface area contributed by atoms with Crippen LogP contribution in [0.4, 0.5) is 5.69 Å². The molecular weight excluding hydrogens is 232 g/mol. The molecule has 0 amide bonds. The summed E-state index contributed by atoms with van der Waals surface area (Å²) in [6.07, 6.45) is 0. The zero-order valence-corrected chi connectivity index (χ0v) is 11.3. The summed E-state index contributed by atoms with van der Waals surface area (Å²) < 4.78 is 5.24. The Kier molecular flexibility index (Phi) is 3.94. The van der Waals surface area contributed by atoms with E-state index in [0.29, 0.717) is 5.92 Å². The van der Waals surface area contributed by atoms with Gasteiger partial charge in [0, 0.05) is 18.0 Å². The molecule has 0 bridgehead atoms. The van der Waals surface area contributed by atoms with E-state index in [4.69, 9.17) is 4.74 Å². The van der Waals surface area contributed by atoms with Gasteiger partial charge < -0.3 is 10.1 Å². The molecule has 0 spiro atoms. The number of methoxy groups -OCH3 is 1. The third-order valence-corrected chi connectivity index (χ3v) is 3.94. The number of rotatable bonds is 2. The van der Waals surface area contributed by atoms with E-state index >= 15 is 0 Å². The quantitative estimate of drug-likeness (QED) is 0.875. The lowest BCUT2D eigenvalue weighted by Crippen LogP contribution is -2.18. The Morgan fingerprint density at radius 1 is 1.47 bits per heavy atom. The van der Waals surface area contributed by atoms with E-state index in [1.807, 2.05) is 19.1 Å². The summed E-state index contributed by atoms with van der Waals surface area (Å²) in [6, 6.07) is 6.08. The first kappa shape index (κ1) is 12.3. The highest BCUT2D eigenvalue weighted by Gasteiger charge is 2.12. The second kappa shape index (κ2) is 5.45. The van der Waals surface area contributed by atoms with Crippen LogP contribution in [0, 0.1) is 12.8 Å². The van der Waals surface area contributed by atoms with Gasteiger partial charge in [-0.05, 0) is 36.6 Å². The lowest BCUT2D eigenvalue weighted by molar-refractivity contribution is 0.412. The number of hydrogen-bond acceptors (Lipinski definition) is 4. The highest BCUT2D eigenvalue weighted by atomic mass is 32.2. The first-order valence-electron chi connectivity index (χ1n) is 5.78. The molecule has 1 aromatic carbocycles. The molecule has 1 aliphatic rings. The van der Waals surface area contributed by atoms with Crippen LogP contribution in [-0.4, -0.2) is 24.6 Å². The Morgan fingerprint density at radius 2 is 2.29 bits per heavy atom. The number of nitrogens with one attached hydrogen (secondary N) is 1. The number of aliphatic imine (C=N–C) groups is 1. The molecule has 0 saturated heterocycles. The van der Waals surface area contributed by atoms with Crippen LogP contribution in [0.3, 0.4) is 0 Å². The predicted octanol–water partition coefficient (Wildman–Crippen LogP) is 3.15. The van der Waals surface area contributed by atoms with Crippen LogP contribution in [0.5, 0.6) is 5.75 Å². The van der Waals surface area contributed by atoms with E-state index in [-0.39, 0.29) is 0 Å². The van der Waals surface area contributed by atoms with Gasteiger partial charge in [-0.2, -0.15) is 0 Å². The van der Waals surface area contributed by atoms with Gasteiger partial charge in [-0.15, -0.1) is 0 Å². The molecule has 0 radical (unpaired) electrons. The number of anilines is 1. The van der Waals surface area contributed by atoms with Crippen LogP contribution in [0.15, 0.2) is 23.2 Å². The van der Waals surface area contributed by atoms with Crippen LogP contribution in [-0.2, 0) is 0 Å². The number of ether oxygens (including phenoxy) is 1. The summed E-state index contributed by atoms with van der Waals surface area (Å²) in [5.41, 5.74) is 2.20. The Balaban J connectivity index is 2.06. The van der Waals surface area contributed by atoms with Gasteiger partial charge in [0.1, 0.15) is 5.75 Å². The number of amidine groups is 1. The van der Waals surface area contributed by atoms with Gasteiger partial charge in [0.05, 0.1) is 7.11 Å². The number of hydrogen-bond donors (Lipinski definition) is 1. The van der Waals surface area contributed by atoms with Crippen LogP contribution in [0.25, 0.3) is 0 Å². The maximum atomic E-state index is 5.24. The Hall–Kier alpha value is -1.16. The minimum atomic E-state index is 0.683. The van der Waals surface area contributed by atoms with Crippen molar-refractivity contribution in [2.75, 3.05) is 24.7 Å². The molecule has 1 aliphatic heterocycles. The van der Waals surface area contributed by atoms with E-state index in [2.05, 4.69) is 23.3 Å². The second-order valence-electron chi connectivity index (χ2n) is 4.37. The largest absolute Gasteiger partial charge is 0.496 e. The smallest absolute Gasteiger partial charge is 0.161 e. The first-order valence-corrected chi connectivity index (χ1v) is 6.76. The maximum absolute atomic E-state index is 5.24. The fourth-order valence-electron chi connectivity index (χ4n) is 1.71. The Bertz CT molecular complexity index is 431. The number of thioether (sulfide) groups is 1. The summed E-state index contributed by atoms with van der Waals surface area (Å²) in [5.74, 6) is 2.74. The molecule has 3 nitrogen and oxygen atoms in total. The van der Waals surface area contributed by atoms with Crippen LogP contribution in [0.1, 0.15) is 12.5 Å². The van der Waals surface area contributed by atoms with E-state index in [1.165, 1.54) is 0 Å². The number of benzene rings is 1. The molecule has 92 valence electrons. The summed E-state index contributed by atoms with van der Waals surface area (Å²) in [6.45, 7) is 5.19. The molecule has 1 aromatic rings. The summed E-state index contributed by atoms with van der Waals surface area (Å²) in [7, 11) is 1.69. The van der Waals surface area contributed by atoms with Crippen LogP contribution >= 0.6 is 11.8 Å². The Labute approximate surface area is 107 Å². The van der Waals surface area contributed by atoms with Crippen molar-refractivity contribution in [1.29, 1.82) is 0 Å². The minimum absolute atomic E-state index is 0.683. The van der Waals surface area contributed by atoms with Gasteiger partial charge in [0.25, 0.3) is 0 Å². The van der Waals surface area contributed by atoms with Crippen molar-refractivity contribution in [3.63, 3.8) is 0 Å². The zero-order chi connectivity index (χ0) is 12.3. The monoisotopic (exact) mass is 250 g/mol. The molecule has 17 heavy (non-hydrogen) atoms. The van der Waals surface area contributed by atoms with E-state index in [9.17, 15) is 0 Å². The minimum Gasteiger partial charge on any atom is -0.496 e. The van der Waals surface area contributed by atoms with Crippen molar-refractivity contribution in [2.24, 2.45) is 10.9 Å².